The first kappa shape index (κ1) is 29.7. The highest BCUT2D eigenvalue weighted by Crippen LogP contribution is 2.42. The first-order valence-electron chi connectivity index (χ1n) is 13.7. The average molecular weight is 625 g/mol. The Kier molecular flexibility index (Phi) is 7.63. The van der Waals surface area contributed by atoms with Crippen molar-refractivity contribution in [2.45, 2.75) is 37.4 Å². The number of ether oxygens (including phenoxy) is 2. The number of fused-ring (bicyclic) bond motifs is 4. The number of alkyl halides is 6. The van der Waals surface area contributed by atoms with E-state index in [4.69, 9.17) is 9.47 Å². The monoisotopic (exact) mass is 624 g/mol. The van der Waals surface area contributed by atoms with Crippen LogP contribution in [0.5, 0.6) is 5.75 Å². The highest BCUT2D eigenvalue weighted by molar-refractivity contribution is 5.77. The van der Waals surface area contributed by atoms with Crippen LogP contribution < -0.4 is 20.1 Å². The fourth-order valence-electron chi connectivity index (χ4n) is 5.89. The molecule has 0 radical (unpaired) electrons. The van der Waals surface area contributed by atoms with Crippen molar-refractivity contribution in [1.29, 1.82) is 0 Å². The van der Waals surface area contributed by atoms with Gasteiger partial charge in [-0.15, -0.1) is 0 Å². The highest BCUT2D eigenvalue weighted by Gasteiger charge is 2.42. The van der Waals surface area contributed by atoms with E-state index in [0.717, 1.165) is 29.6 Å². The third-order valence-electron chi connectivity index (χ3n) is 7.99. The van der Waals surface area contributed by atoms with Crippen molar-refractivity contribution >= 4 is 17.4 Å². The number of hydrogen-bond acceptors (Lipinski definition) is 8. The molecule has 5 heterocycles. The lowest BCUT2D eigenvalue weighted by Crippen LogP contribution is -2.58. The molecular weight excluding hydrogens is 598 g/mol. The van der Waals surface area contributed by atoms with Crippen LogP contribution in [-0.4, -0.2) is 71.5 Å². The van der Waals surface area contributed by atoms with Gasteiger partial charge in [0.05, 0.1) is 49.2 Å². The standard InChI is InChI=1S/C28H26F6N6O4/c29-27(30,31)17-9-22-25(35-10-17)39-7-6-38(13-18(39)14-44-22)23(41)5-8-43-15-21-19-4-2-1-3-16(19)12-40(21)20-11-36-37-26(42)24(20)28(32,33)34/h1-4,9-11,18,21H,5-8,12-15H2,(H,37,42)/t18?,21-/m1/s1. The first-order valence-corrected chi connectivity index (χ1v) is 13.7. The lowest BCUT2D eigenvalue weighted by atomic mass is 10.1. The van der Waals surface area contributed by atoms with E-state index < -0.39 is 35.1 Å². The van der Waals surface area contributed by atoms with Crippen molar-refractivity contribution in [3.8, 4) is 5.75 Å². The van der Waals surface area contributed by atoms with Gasteiger partial charge in [-0.1, -0.05) is 24.3 Å². The number of amides is 1. The third kappa shape index (κ3) is 5.65. The number of anilines is 2. The van der Waals surface area contributed by atoms with Crippen LogP contribution in [0.3, 0.4) is 0 Å². The second-order valence-corrected chi connectivity index (χ2v) is 10.7. The average Bonchev–Trinajstić information content (AvgIpc) is 3.35. The van der Waals surface area contributed by atoms with E-state index in [1.54, 1.807) is 29.2 Å². The Labute approximate surface area is 246 Å². The van der Waals surface area contributed by atoms with Gasteiger partial charge in [-0.3, -0.25) is 9.59 Å². The summed E-state index contributed by atoms with van der Waals surface area (Å²) in [5.74, 6) is 0.137. The molecule has 1 aromatic carbocycles. The van der Waals surface area contributed by atoms with E-state index >= 15 is 0 Å². The quantitative estimate of drug-likeness (QED) is 0.327. The van der Waals surface area contributed by atoms with E-state index in [1.165, 1.54) is 4.90 Å². The van der Waals surface area contributed by atoms with Gasteiger partial charge >= 0.3 is 12.4 Å². The smallest absolute Gasteiger partial charge is 0.423 e. The molecule has 0 saturated carbocycles. The molecule has 0 spiro atoms. The summed E-state index contributed by atoms with van der Waals surface area (Å²) in [5.41, 5.74) is -2.42. The topological polar surface area (TPSA) is 104 Å². The number of benzene rings is 1. The molecule has 3 aliphatic heterocycles. The number of piperazine rings is 1. The zero-order chi connectivity index (χ0) is 31.2. The Hall–Kier alpha value is -4.34. The Morgan fingerprint density at radius 1 is 1.07 bits per heavy atom. The molecule has 2 atom stereocenters. The van der Waals surface area contributed by atoms with E-state index in [-0.39, 0.29) is 62.7 Å². The highest BCUT2D eigenvalue weighted by atomic mass is 19.4. The van der Waals surface area contributed by atoms with Gasteiger partial charge < -0.3 is 24.2 Å². The van der Waals surface area contributed by atoms with Crippen LogP contribution >= 0.6 is 0 Å². The molecule has 3 aromatic rings. The van der Waals surface area contributed by atoms with Crippen molar-refractivity contribution < 1.29 is 40.6 Å². The maximum Gasteiger partial charge on any atom is 0.423 e. The molecule has 16 heteroatoms. The predicted molar refractivity (Wildman–Crippen MR) is 143 cm³/mol. The van der Waals surface area contributed by atoms with Crippen LogP contribution in [0.15, 0.2) is 47.5 Å². The fourth-order valence-corrected chi connectivity index (χ4v) is 5.89. The van der Waals surface area contributed by atoms with Gasteiger partial charge in [0.25, 0.3) is 5.56 Å². The number of pyridine rings is 1. The van der Waals surface area contributed by atoms with Crippen LogP contribution in [0.4, 0.5) is 37.8 Å². The first-order chi connectivity index (χ1) is 20.9. The van der Waals surface area contributed by atoms with Crippen LogP contribution in [0, 0.1) is 0 Å². The second kappa shape index (κ2) is 11.3. The molecule has 1 N–H and O–H groups in total. The number of nitrogens with one attached hydrogen (secondary N) is 1. The number of halogens is 6. The van der Waals surface area contributed by atoms with Gasteiger partial charge in [-0.2, -0.15) is 31.4 Å². The third-order valence-corrected chi connectivity index (χ3v) is 7.99. The second-order valence-electron chi connectivity index (χ2n) is 10.7. The van der Waals surface area contributed by atoms with Gasteiger partial charge in [0.1, 0.15) is 12.2 Å². The summed E-state index contributed by atoms with van der Waals surface area (Å²) < 4.78 is 92.0. The molecule has 1 fully saturated rings. The molecule has 1 unspecified atom stereocenters. The molecular formula is C28H26F6N6O4. The lowest BCUT2D eigenvalue weighted by molar-refractivity contribution is -0.139. The predicted octanol–water partition coefficient (Wildman–Crippen LogP) is 3.78. The largest absolute Gasteiger partial charge is 0.487 e. The molecule has 0 bridgehead atoms. The SMILES string of the molecule is O=C(CCOC[C@@H]1c2ccccc2CN1c1cn[nH]c(=O)c1C(F)(F)F)N1CCN2c3ncc(C(F)(F)F)cc3OCC2C1. The van der Waals surface area contributed by atoms with E-state index in [1.807, 2.05) is 10.00 Å². The number of aromatic amines is 1. The molecule has 234 valence electrons. The normalized spacial score (nSPS) is 19.7. The van der Waals surface area contributed by atoms with Crippen LogP contribution in [0.25, 0.3) is 0 Å². The molecule has 1 amide bonds. The Balaban J connectivity index is 1.08. The Morgan fingerprint density at radius 2 is 1.86 bits per heavy atom. The zero-order valence-corrected chi connectivity index (χ0v) is 23.0. The number of H-pyrrole nitrogens is 1. The summed E-state index contributed by atoms with van der Waals surface area (Å²) in [6.07, 6.45) is -7.70. The van der Waals surface area contributed by atoms with E-state index in [9.17, 15) is 35.9 Å². The van der Waals surface area contributed by atoms with Crippen molar-refractivity contribution in [3.63, 3.8) is 0 Å². The molecule has 6 rings (SSSR count). The van der Waals surface area contributed by atoms with Gasteiger partial charge in [0.2, 0.25) is 5.91 Å². The minimum atomic E-state index is -4.91. The van der Waals surface area contributed by atoms with Gasteiger partial charge in [0.15, 0.2) is 11.6 Å². The fraction of sp³-hybridized carbons (Fsp3) is 0.429. The number of rotatable bonds is 6. The van der Waals surface area contributed by atoms with Crippen LogP contribution in [0.1, 0.15) is 34.7 Å². The number of carbonyl (C=O) groups is 1. The number of nitrogens with zero attached hydrogens (tertiary/aromatic N) is 5. The molecule has 1 saturated heterocycles. The minimum absolute atomic E-state index is 0.00290. The van der Waals surface area contributed by atoms with Crippen molar-refractivity contribution in [2.75, 3.05) is 49.3 Å². The summed E-state index contributed by atoms with van der Waals surface area (Å²) in [7, 11) is 0. The van der Waals surface area contributed by atoms with Gasteiger partial charge in [-0.25, -0.2) is 10.1 Å². The number of hydrogen-bond donors (Lipinski definition) is 1. The lowest BCUT2D eigenvalue weighted by Gasteiger charge is -2.44. The molecule has 10 nitrogen and oxygen atoms in total. The summed E-state index contributed by atoms with van der Waals surface area (Å²) >= 11 is 0. The van der Waals surface area contributed by atoms with Gasteiger partial charge in [-0.05, 0) is 17.2 Å². The van der Waals surface area contributed by atoms with Gasteiger partial charge in [0, 0.05) is 32.4 Å². The maximum absolute atomic E-state index is 13.8. The van der Waals surface area contributed by atoms with Crippen molar-refractivity contribution in [3.05, 3.63) is 75.3 Å². The Bertz CT molecular complexity index is 1610. The Morgan fingerprint density at radius 3 is 2.64 bits per heavy atom. The molecule has 44 heavy (non-hydrogen) atoms. The summed E-state index contributed by atoms with van der Waals surface area (Å²) in [5, 5.41) is 5.45. The summed E-state index contributed by atoms with van der Waals surface area (Å²) in [4.78, 5) is 34.0. The zero-order valence-electron chi connectivity index (χ0n) is 23.0. The molecule has 2 aromatic heterocycles. The molecule has 0 aliphatic carbocycles. The minimum Gasteiger partial charge on any atom is -0.487 e. The molecule has 3 aliphatic rings. The van der Waals surface area contributed by atoms with E-state index in [2.05, 4.69) is 10.1 Å². The number of carbonyl (C=O) groups excluding carboxylic acids is 1. The van der Waals surface area contributed by atoms with Crippen molar-refractivity contribution in [2.24, 2.45) is 0 Å². The summed E-state index contributed by atoms with van der Waals surface area (Å²) in [6, 6.07) is 7.08. The van der Waals surface area contributed by atoms with Crippen LogP contribution in [0.2, 0.25) is 0 Å². The van der Waals surface area contributed by atoms with Crippen LogP contribution in [-0.2, 0) is 28.4 Å². The maximum atomic E-state index is 13.8. The summed E-state index contributed by atoms with van der Waals surface area (Å²) in [6.45, 7) is 1.10. The number of aromatic nitrogens is 3. The van der Waals surface area contributed by atoms with E-state index in [0.29, 0.717) is 18.9 Å². The van der Waals surface area contributed by atoms with Crippen molar-refractivity contribution in [1.82, 2.24) is 20.1 Å².